The Balaban J connectivity index is 2.78. The molecule has 0 aliphatic carbocycles. The average molecular weight is 181 g/mol. The SMILES string of the molecule is C/C=C(/C)C(=O)N1CCCC1(C)C. The summed E-state index contributed by atoms with van der Waals surface area (Å²) in [4.78, 5) is 13.8. The van der Waals surface area contributed by atoms with Crippen molar-refractivity contribution < 1.29 is 4.79 Å². The summed E-state index contributed by atoms with van der Waals surface area (Å²) in [7, 11) is 0. The summed E-state index contributed by atoms with van der Waals surface area (Å²) in [5.41, 5.74) is 0.913. The Hall–Kier alpha value is -0.790. The lowest BCUT2D eigenvalue weighted by Gasteiger charge is -2.31. The highest BCUT2D eigenvalue weighted by atomic mass is 16.2. The van der Waals surface area contributed by atoms with E-state index in [4.69, 9.17) is 0 Å². The molecule has 0 atom stereocenters. The van der Waals surface area contributed by atoms with Crippen LogP contribution in [0.25, 0.3) is 0 Å². The summed E-state index contributed by atoms with van der Waals surface area (Å²) in [6.45, 7) is 8.99. The number of nitrogens with zero attached hydrogens (tertiary/aromatic N) is 1. The molecule has 0 bridgehead atoms. The monoisotopic (exact) mass is 181 g/mol. The van der Waals surface area contributed by atoms with Crippen LogP contribution < -0.4 is 0 Å². The van der Waals surface area contributed by atoms with Crippen LogP contribution in [0.5, 0.6) is 0 Å². The maximum Gasteiger partial charge on any atom is 0.249 e. The Morgan fingerprint density at radius 1 is 1.46 bits per heavy atom. The molecule has 0 unspecified atom stereocenters. The summed E-state index contributed by atoms with van der Waals surface area (Å²) in [6, 6.07) is 0. The highest BCUT2D eigenvalue weighted by Gasteiger charge is 2.35. The molecule has 0 aromatic heterocycles. The number of allylic oxidation sites excluding steroid dienone is 1. The van der Waals surface area contributed by atoms with Crippen LogP contribution in [0, 0.1) is 0 Å². The third-order valence-electron chi connectivity index (χ3n) is 2.92. The number of rotatable bonds is 1. The van der Waals surface area contributed by atoms with E-state index >= 15 is 0 Å². The Morgan fingerprint density at radius 2 is 2.08 bits per heavy atom. The molecule has 1 heterocycles. The van der Waals surface area contributed by atoms with E-state index in [9.17, 15) is 4.79 Å². The first kappa shape index (κ1) is 10.3. The molecule has 1 aliphatic heterocycles. The number of carbonyl (C=O) groups excluding carboxylic acids is 1. The van der Waals surface area contributed by atoms with E-state index in [2.05, 4.69) is 13.8 Å². The molecule has 13 heavy (non-hydrogen) atoms. The standard InChI is InChI=1S/C11H19NO/c1-5-9(2)10(13)12-8-6-7-11(12,3)4/h5H,6-8H2,1-4H3/b9-5-. The van der Waals surface area contributed by atoms with Crippen molar-refractivity contribution in [3.05, 3.63) is 11.6 Å². The first-order chi connectivity index (χ1) is 5.99. The molecule has 1 rings (SSSR count). The topological polar surface area (TPSA) is 20.3 Å². The van der Waals surface area contributed by atoms with Crippen molar-refractivity contribution in [3.63, 3.8) is 0 Å². The zero-order chi connectivity index (χ0) is 10.1. The molecule has 0 aromatic carbocycles. The fourth-order valence-corrected chi connectivity index (χ4v) is 1.82. The van der Waals surface area contributed by atoms with Gasteiger partial charge in [0, 0.05) is 17.7 Å². The van der Waals surface area contributed by atoms with Gasteiger partial charge in [0.2, 0.25) is 5.91 Å². The Bertz CT molecular complexity index is 240. The van der Waals surface area contributed by atoms with Crippen LogP contribution in [0.2, 0.25) is 0 Å². The van der Waals surface area contributed by atoms with Gasteiger partial charge in [0.05, 0.1) is 0 Å². The van der Waals surface area contributed by atoms with E-state index in [1.807, 2.05) is 24.8 Å². The van der Waals surface area contributed by atoms with E-state index < -0.39 is 0 Å². The number of hydrogen-bond acceptors (Lipinski definition) is 1. The molecule has 1 fully saturated rings. The van der Waals surface area contributed by atoms with Gasteiger partial charge in [-0.05, 0) is 40.5 Å². The van der Waals surface area contributed by atoms with Crippen molar-refractivity contribution in [2.75, 3.05) is 6.54 Å². The van der Waals surface area contributed by atoms with Gasteiger partial charge in [0.15, 0.2) is 0 Å². The molecule has 2 nitrogen and oxygen atoms in total. The fourth-order valence-electron chi connectivity index (χ4n) is 1.82. The predicted octanol–water partition coefficient (Wildman–Crippen LogP) is 2.35. The van der Waals surface area contributed by atoms with Crippen molar-refractivity contribution >= 4 is 5.91 Å². The first-order valence-electron chi connectivity index (χ1n) is 4.94. The first-order valence-corrected chi connectivity index (χ1v) is 4.94. The largest absolute Gasteiger partial charge is 0.334 e. The smallest absolute Gasteiger partial charge is 0.249 e. The van der Waals surface area contributed by atoms with Crippen molar-refractivity contribution in [2.45, 2.75) is 46.1 Å². The lowest BCUT2D eigenvalue weighted by molar-refractivity contribution is -0.130. The molecular weight excluding hydrogens is 162 g/mol. The molecule has 0 N–H and O–H groups in total. The predicted molar refractivity (Wildman–Crippen MR) is 54.5 cm³/mol. The number of likely N-dealkylation sites (tertiary alicyclic amines) is 1. The molecule has 0 aromatic rings. The van der Waals surface area contributed by atoms with Crippen LogP contribution in [0.3, 0.4) is 0 Å². The maximum atomic E-state index is 11.8. The van der Waals surface area contributed by atoms with Crippen LogP contribution in [-0.2, 0) is 4.79 Å². The third-order valence-corrected chi connectivity index (χ3v) is 2.92. The van der Waals surface area contributed by atoms with Crippen molar-refractivity contribution in [3.8, 4) is 0 Å². The summed E-state index contributed by atoms with van der Waals surface area (Å²) >= 11 is 0. The van der Waals surface area contributed by atoms with Crippen LogP contribution >= 0.6 is 0 Å². The minimum atomic E-state index is 0.0569. The van der Waals surface area contributed by atoms with Gasteiger partial charge in [-0.15, -0.1) is 0 Å². The molecule has 1 saturated heterocycles. The van der Waals surface area contributed by atoms with Crippen LogP contribution in [0.1, 0.15) is 40.5 Å². The van der Waals surface area contributed by atoms with Gasteiger partial charge in [-0.1, -0.05) is 6.08 Å². The highest BCUT2D eigenvalue weighted by Crippen LogP contribution is 2.29. The van der Waals surface area contributed by atoms with E-state index in [0.29, 0.717) is 0 Å². The zero-order valence-corrected chi connectivity index (χ0v) is 9.05. The van der Waals surface area contributed by atoms with Gasteiger partial charge in [-0.3, -0.25) is 4.79 Å². The molecule has 0 radical (unpaired) electrons. The molecule has 1 aliphatic rings. The second-order valence-electron chi connectivity index (χ2n) is 4.34. The minimum Gasteiger partial charge on any atom is -0.334 e. The quantitative estimate of drug-likeness (QED) is 0.569. The second kappa shape index (κ2) is 3.52. The fraction of sp³-hybridized carbons (Fsp3) is 0.727. The number of amides is 1. The number of hydrogen-bond donors (Lipinski definition) is 0. The van der Waals surface area contributed by atoms with Crippen LogP contribution in [-0.4, -0.2) is 22.9 Å². The molecule has 1 amide bonds. The minimum absolute atomic E-state index is 0.0569. The van der Waals surface area contributed by atoms with Gasteiger partial charge in [-0.2, -0.15) is 0 Å². The lowest BCUT2D eigenvalue weighted by atomic mass is 10.0. The zero-order valence-electron chi connectivity index (χ0n) is 9.05. The van der Waals surface area contributed by atoms with E-state index in [-0.39, 0.29) is 11.4 Å². The van der Waals surface area contributed by atoms with Crippen molar-refractivity contribution in [2.24, 2.45) is 0 Å². The number of carbonyl (C=O) groups is 1. The van der Waals surface area contributed by atoms with Crippen LogP contribution in [0.4, 0.5) is 0 Å². The summed E-state index contributed by atoms with van der Waals surface area (Å²) in [5, 5.41) is 0. The molecule has 74 valence electrons. The third kappa shape index (κ3) is 1.93. The van der Waals surface area contributed by atoms with E-state index in [1.165, 1.54) is 0 Å². The lowest BCUT2D eigenvalue weighted by Crippen LogP contribution is -2.42. The highest BCUT2D eigenvalue weighted by molar-refractivity contribution is 5.93. The molecule has 0 spiro atoms. The van der Waals surface area contributed by atoms with E-state index in [0.717, 1.165) is 25.0 Å². The Kier molecular flexibility index (Phi) is 2.79. The van der Waals surface area contributed by atoms with Gasteiger partial charge in [0.1, 0.15) is 0 Å². The van der Waals surface area contributed by atoms with Crippen LogP contribution in [0.15, 0.2) is 11.6 Å². The Labute approximate surface area is 80.6 Å². The van der Waals surface area contributed by atoms with Crippen molar-refractivity contribution in [1.29, 1.82) is 0 Å². The summed E-state index contributed by atoms with van der Waals surface area (Å²) in [5.74, 6) is 0.199. The molecular formula is C11H19NO. The Morgan fingerprint density at radius 3 is 2.46 bits per heavy atom. The van der Waals surface area contributed by atoms with Gasteiger partial charge in [-0.25, -0.2) is 0 Å². The summed E-state index contributed by atoms with van der Waals surface area (Å²) in [6.07, 6.45) is 4.14. The van der Waals surface area contributed by atoms with Gasteiger partial charge >= 0.3 is 0 Å². The molecule has 2 heteroatoms. The summed E-state index contributed by atoms with van der Waals surface area (Å²) < 4.78 is 0. The van der Waals surface area contributed by atoms with E-state index in [1.54, 1.807) is 0 Å². The van der Waals surface area contributed by atoms with Crippen molar-refractivity contribution in [1.82, 2.24) is 4.90 Å². The maximum absolute atomic E-state index is 11.8. The van der Waals surface area contributed by atoms with Gasteiger partial charge in [0.25, 0.3) is 0 Å². The van der Waals surface area contributed by atoms with Gasteiger partial charge < -0.3 is 4.90 Å². The molecule has 0 saturated carbocycles. The normalized spacial score (nSPS) is 22.2. The average Bonchev–Trinajstić information content (AvgIpc) is 2.42. The second-order valence-corrected chi connectivity index (χ2v) is 4.34.